The van der Waals surface area contributed by atoms with E-state index in [2.05, 4.69) is 53.5 Å². The summed E-state index contributed by atoms with van der Waals surface area (Å²) in [4.78, 5) is 19.4. The van der Waals surface area contributed by atoms with Gasteiger partial charge in [0.25, 0.3) is 0 Å². The molecule has 2 aromatic carbocycles. The number of rotatable bonds is 4. The van der Waals surface area contributed by atoms with Gasteiger partial charge in [0.05, 0.1) is 31.1 Å². The molecule has 0 unspecified atom stereocenters. The number of carbonyl (C=O) groups excluding carboxylic acids is 1. The summed E-state index contributed by atoms with van der Waals surface area (Å²) in [6.07, 6.45) is 4.80. The van der Waals surface area contributed by atoms with E-state index in [1.54, 1.807) is 12.4 Å². The molecule has 5 nitrogen and oxygen atoms in total. The number of nitrogens with zero attached hydrogens (tertiary/aromatic N) is 4. The summed E-state index contributed by atoms with van der Waals surface area (Å²) in [5, 5.41) is 7.85. The van der Waals surface area contributed by atoms with Crippen LogP contribution in [-0.4, -0.2) is 33.3 Å². The van der Waals surface area contributed by atoms with Crippen LogP contribution in [0.15, 0.2) is 59.9 Å². The average Bonchev–Trinajstić information content (AvgIpc) is 3.15. The SMILES string of the molecule is Cc1ccc(CCN2Cc3cc4c(cc3CC2=O)CN=C4c2ccnnc2)cc1. The summed E-state index contributed by atoms with van der Waals surface area (Å²) in [5.41, 5.74) is 9.20. The van der Waals surface area contributed by atoms with Gasteiger partial charge in [0, 0.05) is 24.2 Å². The van der Waals surface area contributed by atoms with E-state index in [0.29, 0.717) is 19.5 Å². The van der Waals surface area contributed by atoms with Crippen LogP contribution in [0.25, 0.3) is 0 Å². The van der Waals surface area contributed by atoms with Gasteiger partial charge in [-0.05, 0) is 47.7 Å². The summed E-state index contributed by atoms with van der Waals surface area (Å²) in [5.74, 6) is 0.210. The second kappa shape index (κ2) is 7.24. The maximum atomic E-state index is 12.7. The van der Waals surface area contributed by atoms with Crippen LogP contribution >= 0.6 is 0 Å². The lowest BCUT2D eigenvalue weighted by atomic mass is 9.91. The third kappa shape index (κ3) is 3.44. The second-order valence-electron chi connectivity index (χ2n) is 7.80. The van der Waals surface area contributed by atoms with Crippen molar-refractivity contribution in [1.29, 1.82) is 0 Å². The van der Waals surface area contributed by atoms with Gasteiger partial charge in [-0.25, -0.2) is 0 Å². The third-order valence-corrected chi connectivity index (χ3v) is 5.79. The Morgan fingerprint density at radius 2 is 1.86 bits per heavy atom. The molecule has 2 aliphatic heterocycles. The van der Waals surface area contributed by atoms with Crippen molar-refractivity contribution in [2.45, 2.75) is 32.9 Å². The normalized spacial score (nSPS) is 15.1. The van der Waals surface area contributed by atoms with Gasteiger partial charge >= 0.3 is 0 Å². The lowest BCUT2D eigenvalue weighted by Crippen LogP contribution is -2.37. The summed E-state index contributed by atoms with van der Waals surface area (Å²) in [6.45, 7) is 4.15. The van der Waals surface area contributed by atoms with Crippen molar-refractivity contribution in [2.75, 3.05) is 6.54 Å². The topological polar surface area (TPSA) is 58.5 Å². The van der Waals surface area contributed by atoms with E-state index in [0.717, 1.165) is 35.4 Å². The standard InChI is InChI=1S/C24H22N4O/c1-16-2-4-17(5-3-16)7-9-28-15-21-11-22-20(10-19(21)12-23(28)29)13-25-24(22)18-6-8-26-27-14-18/h2-6,8,10-11,14H,7,9,12-13,15H2,1H3. The van der Waals surface area contributed by atoms with Crippen LogP contribution in [0.4, 0.5) is 0 Å². The molecular weight excluding hydrogens is 360 g/mol. The number of hydrogen-bond acceptors (Lipinski definition) is 4. The zero-order chi connectivity index (χ0) is 19.8. The van der Waals surface area contributed by atoms with Crippen LogP contribution in [-0.2, 0) is 30.7 Å². The van der Waals surface area contributed by atoms with Crippen LogP contribution in [0.2, 0.25) is 0 Å². The van der Waals surface area contributed by atoms with Gasteiger partial charge in [0.2, 0.25) is 5.91 Å². The number of aliphatic imine (C=N–C) groups is 1. The minimum absolute atomic E-state index is 0.210. The van der Waals surface area contributed by atoms with Gasteiger partial charge in [-0.3, -0.25) is 9.79 Å². The molecule has 2 aliphatic rings. The van der Waals surface area contributed by atoms with Crippen molar-refractivity contribution < 1.29 is 4.79 Å². The van der Waals surface area contributed by atoms with Crippen LogP contribution in [0.3, 0.4) is 0 Å². The molecule has 0 saturated carbocycles. The molecule has 0 spiro atoms. The fourth-order valence-electron chi connectivity index (χ4n) is 4.12. The first kappa shape index (κ1) is 17.7. The Labute approximate surface area is 170 Å². The van der Waals surface area contributed by atoms with Crippen molar-refractivity contribution in [3.8, 4) is 0 Å². The first-order valence-corrected chi connectivity index (χ1v) is 9.97. The van der Waals surface area contributed by atoms with Crippen molar-refractivity contribution in [3.05, 3.63) is 93.8 Å². The Bertz CT molecular complexity index is 1100. The maximum Gasteiger partial charge on any atom is 0.227 e. The molecule has 0 aliphatic carbocycles. The Kier molecular flexibility index (Phi) is 4.43. The number of carbonyl (C=O) groups is 1. The maximum absolute atomic E-state index is 12.7. The van der Waals surface area contributed by atoms with Crippen LogP contribution < -0.4 is 0 Å². The predicted molar refractivity (Wildman–Crippen MR) is 112 cm³/mol. The highest BCUT2D eigenvalue weighted by Gasteiger charge is 2.27. The lowest BCUT2D eigenvalue weighted by molar-refractivity contribution is -0.131. The number of hydrogen-bond donors (Lipinski definition) is 0. The smallest absolute Gasteiger partial charge is 0.227 e. The number of aryl methyl sites for hydroxylation is 1. The Hall–Kier alpha value is -3.34. The van der Waals surface area contributed by atoms with Crippen LogP contribution in [0.5, 0.6) is 0 Å². The highest BCUT2D eigenvalue weighted by molar-refractivity contribution is 6.15. The van der Waals surface area contributed by atoms with Gasteiger partial charge in [-0.1, -0.05) is 35.9 Å². The molecule has 3 aromatic rings. The monoisotopic (exact) mass is 382 g/mol. The van der Waals surface area contributed by atoms with Gasteiger partial charge in [-0.15, -0.1) is 0 Å². The fraction of sp³-hybridized carbons (Fsp3) is 0.250. The van der Waals surface area contributed by atoms with Gasteiger partial charge in [0.1, 0.15) is 0 Å². The fourth-order valence-corrected chi connectivity index (χ4v) is 4.12. The number of benzene rings is 2. The second-order valence-corrected chi connectivity index (χ2v) is 7.80. The molecule has 0 N–H and O–H groups in total. The van der Waals surface area contributed by atoms with E-state index in [4.69, 9.17) is 4.99 Å². The Morgan fingerprint density at radius 3 is 2.66 bits per heavy atom. The number of aromatic nitrogens is 2. The van der Waals surface area contributed by atoms with Gasteiger partial charge in [-0.2, -0.15) is 10.2 Å². The highest BCUT2D eigenvalue weighted by atomic mass is 16.2. The van der Waals surface area contributed by atoms with Crippen molar-refractivity contribution >= 4 is 11.6 Å². The van der Waals surface area contributed by atoms with E-state index in [1.165, 1.54) is 22.3 Å². The molecule has 0 atom stereocenters. The molecular formula is C24H22N4O. The minimum atomic E-state index is 0.210. The van der Waals surface area contributed by atoms with Crippen LogP contribution in [0.1, 0.15) is 38.9 Å². The highest BCUT2D eigenvalue weighted by Crippen LogP contribution is 2.29. The first-order chi connectivity index (χ1) is 14.2. The van der Waals surface area contributed by atoms with Crippen molar-refractivity contribution in [2.24, 2.45) is 4.99 Å². The van der Waals surface area contributed by atoms with Crippen molar-refractivity contribution in [3.63, 3.8) is 0 Å². The molecule has 1 amide bonds. The minimum Gasteiger partial charge on any atom is -0.338 e. The summed E-state index contributed by atoms with van der Waals surface area (Å²) >= 11 is 0. The molecule has 0 fully saturated rings. The molecule has 144 valence electrons. The molecule has 5 rings (SSSR count). The van der Waals surface area contributed by atoms with E-state index in [1.807, 2.05) is 11.0 Å². The predicted octanol–water partition coefficient (Wildman–Crippen LogP) is 3.26. The van der Waals surface area contributed by atoms with E-state index < -0.39 is 0 Å². The number of amides is 1. The largest absolute Gasteiger partial charge is 0.338 e. The molecule has 3 heterocycles. The third-order valence-electron chi connectivity index (χ3n) is 5.79. The quantitative estimate of drug-likeness (QED) is 0.696. The zero-order valence-corrected chi connectivity index (χ0v) is 16.4. The van der Waals surface area contributed by atoms with E-state index >= 15 is 0 Å². The molecule has 29 heavy (non-hydrogen) atoms. The van der Waals surface area contributed by atoms with Crippen molar-refractivity contribution in [1.82, 2.24) is 15.1 Å². The first-order valence-electron chi connectivity index (χ1n) is 9.97. The molecule has 0 radical (unpaired) electrons. The Morgan fingerprint density at radius 1 is 1.00 bits per heavy atom. The average molecular weight is 382 g/mol. The molecule has 0 bridgehead atoms. The lowest BCUT2D eigenvalue weighted by Gasteiger charge is -2.29. The van der Waals surface area contributed by atoms with Gasteiger partial charge in [0.15, 0.2) is 0 Å². The summed E-state index contributed by atoms with van der Waals surface area (Å²) < 4.78 is 0. The molecule has 5 heteroatoms. The summed E-state index contributed by atoms with van der Waals surface area (Å²) in [6, 6.07) is 14.9. The summed E-state index contributed by atoms with van der Waals surface area (Å²) in [7, 11) is 0. The zero-order valence-electron chi connectivity index (χ0n) is 16.4. The molecule has 0 saturated heterocycles. The number of fused-ring (bicyclic) bond motifs is 2. The van der Waals surface area contributed by atoms with Gasteiger partial charge < -0.3 is 4.90 Å². The Balaban J connectivity index is 1.37. The van der Waals surface area contributed by atoms with E-state index in [-0.39, 0.29) is 5.91 Å². The van der Waals surface area contributed by atoms with Crippen LogP contribution in [0, 0.1) is 6.92 Å². The van der Waals surface area contributed by atoms with E-state index in [9.17, 15) is 4.79 Å². The molecule has 1 aromatic heterocycles.